The SMILES string of the molecule is CC(C)(C)OC(=O)N1C[C@@H]2CN(C(=O)C(F)(F)F)C[C@H](C1)C2=O. The number of hydrogen-bond acceptors (Lipinski definition) is 4. The normalized spacial score (nSPS) is 25.4. The van der Waals surface area contributed by atoms with Crippen LogP contribution in [0.15, 0.2) is 0 Å². The number of alkyl halides is 3. The van der Waals surface area contributed by atoms with Gasteiger partial charge in [0.2, 0.25) is 0 Å². The quantitative estimate of drug-likeness (QED) is 0.671. The molecule has 0 spiro atoms. The highest BCUT2D eigenvalue weighted by Crippen LogP contribution is 2.29. The summed E-state index contributed by atoms with van der Waals surface area (Å²) >= 11 is 0. The molecule has 0 unspecified atom stereocenters. The molecule has 0 aromatic heterocycles. The molecule has 2 atom stereocenters. The standard InChI is InChI=1S/C14H19F3N2O4/c1-13(2,3)23-12(22)19-6-8-4-18(11(21)14(15,16)17)5-9(7-19)10(8)20/h8-9H,4-7H2,1-3H3/t8-,9+. The lowest BCUT2D eigenvalue weighted by atomic mass is 9.83. The summed E-state index contributed by atoms with van der Waals surface area (Å²) in [6.45, 7) is 4.37. The van der Waals surface area contributed by atoms with Crippen LogP contribution in [0.2, 0.25) is 0 Å². The van der Waals surface area contributed by atoms with Crippen molar-refractivity contribution in [3.8, 4) is 0 Å². The van der Waals surface area contributed by atoms with Crippen molar-refractivity contribution >= 4 is 17.8 Å². The Balaban J connectivity index is 2.07. The average Bonchev–Trinajstić information content (AvgIpc) is 2.34. The van der Waals surface area contributed by atoms with Gasteiger partial charge in [0.25, 0.3) is 0 Å². The van der Waals surface area contributed by atoms with Crippen molar-refractivity contribution in [2.45, 2.75) is 32.5 Å². The predicted octanol–water partition coefficient (Wildman–Crippen LogP) is 1.44. The lowest BCUT2D eigenvalue weighted by molar-refractivity contribution is -0.189. The number of halogens is 3. The van der Waals surface area contributed by atoms with Crippen molar-refractivity contribution in [3.63, 3.8) is 0 Å². The molecule has 2 fully saturated rings. The van der Waals surface area contributed by atoms with Gasteiger partial charge in [-0.25, -0.2) is 4.79 Å². The number of nitrogens with zero attached hydrogens (tertiary/aromatic N) is 2. The zero-order valence-electron chi connectivity index (χ0n) is 13.1. The third-order valence-electron chi connectivity index (χ3n) is 3.75. The fourth-order valence-corrected chi connectivity index (χ4v) is 2.84. The molecule has 2 saturated heterocycles. The molecule has 0 N–H and O–H groups in total. The van der Waals surface area contributed by atoms with Gasteiger partial charge < -0.3 is 14.5 Å². The first kappa shape index (κ1) is 17.6. The molecule has 2 aliphatic rings. The second-order valence-corrected chi connectivity index (χ2v) is 6.89. The Bertz CT molecular complexity index is 509. The van der Waals surface area contributed by atoms with Crippen LogP contribution in [0.25, 0.3) is 0 Å². The summed E-state index contributed by atoms with van der Waals surface area (Å²) in [5.74, 6) is -3.75. The minimum atomic E-state index is -4.96. The van der Waals surface area contributed by atoms with Crippen LogP contribution < -0.4 is 0 Å². The highest BCUT2D eigenvalue weighted by molar-refractivity contribution is 5.90. The van der Waals surface area contributed by atoms with Gasteiger partial charge >= 0.3 is 18.2 Å². The topological polar surface area (TPSA) is 66.9 Å². The molecular weight excluding hydrogens is 317 g/mol. The Labute approximate surface area is 131 Å². The Morgan fingerprint density at radius 3 is 1.83 bits per heavy atom. The first-order chi connectivity index (χ1) is 10.4. The van der Waals surface area contributed by atoms with Gasteiger partial charge in [0.15, 0.2) is 0 Å². The van der Waals surface area contributed by atoms with Crippen LogP contribution in [-0.4, -0.2) is 65.5 Å². The van der Waals surface area contributed by atoms with E-state index in [9.17, 15) is 27.6 Å². The summed E-state index contributed by atoms with van der Waals surface area (Å²) in [5, 5.41) is 0. The number of rotatable bonds is 0. The van der Waals surface area contributed by atoms with Gasteiger partial charge in [0, 0.05) is 26.2 Å². The Morgan fingerprint density at radius 1 is 1.00 bits per heavy atom. The van der Waals surface area contributed by atoms with Crippen LogP contribution in [-0.2, 0) is 14.3 Å². The molecule has 6 nitrogen and oxygen atoms in total. The first-order valence-electron chi connectivity index (χ1n) is 7.26. The summed E-state index contributed by atoms with van der Waals surface area (Å²) < 4.78 is 42.8. The molecule has 2 amide bonds. The molecule has 2 rings (SSSR count). The van der Waals surface area contributed by atoms with Crippen LogP contribution in [0.3, 0.4) is 0 Å². The largest absolute Gasteiger partial charge is 0.471 e. The van der Waals surface area contributed by atoms with Crippen molar-refractivity contribution in [3.05, 3.63) is 0 Å². The molecule has 23 heavy (non-hydrogen) atoms. The number of Topliss-reactive ketones (excluding diaryl/α,β-unsaturated/α-hetero) is 1. The highest BCUT2D eigenvalue weighted by atomic mass is 19.4. The van der Waals surface area contributed by atoms with E-state index in [0.717, 1.165) is 0 Å². The van der Waals surface area contributed by atoms with E-state index in [1.807, 2.05) is 0 Å². The van der Waals surface area contributed by atoms with Gasteiger partial charge in [-0.2, -0.15) is 13.2 Å². The maximum Gasteiger partial charge on any atom is 0.471 e. The van der Waals surface area contributed by atoms with Crippen molar-refractivity contribution in [2.75, 3.05) is 26.2 Å². The van der Waals surface area contributed by atoms with Gasteiger partial charge in [-0.15, -0.1) is 0 Å². The minimum absolute atomic E-state index is 0.0358. The van der Waals surface area contributed by atoms with E-state index >= 15 is 0 Å². The summed E-state index contributed by atoms with van der Waals surface area (Å²) in [4.78, 5) is 37.5. The number of likely N-dealkylation sites (tertiary alicyclic amines) is 2. The van der Waals surface area contributed by atoms with Crippen molar-refractivity contribution in [2.24, 2.45) is 11.8 Å². The van der Waals surface area contributed by atoms with Gasteiger partial charge in [0.1, 0.15) is 11.4 Å². The highest BCUT2D eigenvalue weighted by Gasteiger charge is 2.49. The van der Waals surface area contributed by atoms with E-state index in [2.05, 4.69) is 0 Å². The maximum absolute atomic E-state index is 12.5. The fourth-order valence-electron chi connectivity index (χ4n) is 2.84. The number of carbonyl (C=O) groups is 3. The predicted molar refractivity (Wildman–Crippen MR) is 72.4 cm³/mol. The lowest BCUT2D eigenvalue weighted by Crippen LogP contribution is -2.61. The number of hydrogen-bond donors (Lipinski definition) is 0. The Morgan fingerprint density at radius 2 is 1.43 bits per heavy atom. The van der Waals surface area contributed by atoms with E-state index < -0.39 is 35.6 Å². The Hall–Kier alpha value is -1.80. The van der Waals surface area contributed by atoms with E-state index in [-0.39, 0.29) is 32.0 Å². The summed E-state index contributed by atoms with van der Waals surface area (Å²) in [7, 11) is 0. The van der Waals surface area contributed by atoms with Crippen LogP contribution in [0.1, 0.15) is 20.8 Å². The molecule has 0 saturated carbocycles. The third-order valence-corrected chi connectivity index (χ3v) is 3.75. The van der Waals surface area contributed by atoms with Gasteiger partial charge in [-0.3, -0.25) is 9.59 Å². The lowest BCUT2D eigenvalue weighted by Gasteiger charge is -2.44. The number of carbonyl (C=O) groups excluding carboxylic acids is 3. The van der Waals surface area contributed by atoms with Gasteiger partial charge in [-0.05, 0) is 20.8 Å². The van der Waals surface area contributed by atoms with Crippen LogP contribution in [0.5, 0.6) is 0 Å². The summed E-state index contributed by atoms with van der Waals surface area (Å²) in [6, 6.07) is 0. The average molecular weight is 336 g/mol. The van der Waals surface area contributed by atoms with E-state index in [0.29, 0.717) is 4.90 Å². The second-order valence-electron chi connectivity index (χ2n) is 6.89. The number of ketones is 1. The fraction of sp³-hybridized carbons (Fsp3) is 0.786. The summed E-state index contributed by atoms with van der Waals surface area (Å²) in [6.07, 6.45) is -5.56. The molecule has 2 bridgehead atoms. The first-order valence-corrected chi connectivity index (χ1v) is 7.26. The van der Waals surface area contributed by atoms with Crippen molar-refractivity contribution < 1.29 is 32.3 Å². The smallest absolute Gasteiger partial charge is 0.444 e. The molecule has 0 aliphatic carbocycles. The van der Waals surface area contributed by atoms with E-state index in [1.54, 1.807) is 20.8 Å². The van der Waals surface area contributed by atoms with Gasteiger partial charge in [0.05, 0.1) is 11.8 Å². The molecule has 9 heteroatoms. The third kappa shape index (κ3) is 3.94. The molecular formula is C14H19F3N2O4. The molecule has 2 aliphatic heterocycles. The van der Waals surface area contributed by atoms with Gasteiger partial charge in [-0.1, -0.05) is 0 Å². The van der Waals surface area contributed by atoms with Crippen LogP contribution >= 0.6 is 0 Å². The number of piperidine rings is 2. The zero-order valence-corrected chi connectivity index (χ0v) is 13.1. The second kappa shape index (κ2) is 5.68. The molecule has 2 heterocycles. The monoisotopic (exact) mass is 336 g/mol. The maximum atomic E-state index is 12.5. The molecule has 130 valence electrons. The zero-order chi connectivity index (χ0) is 17.6. The van der Waals surface area contributed by atoms with E-state index in [1.165, 1.54) is 4.90 Å². The molecule has 0 aromatic rings. The number of ether oxygens (including phenoxy) is 1. The molecule has 0 aromatic carbocycles. The molecule has 0 radical (unpaired) electrons. The van der Waals surface area contributed by atoms with E-state index in [4.69, 9.17) is 4.74 Å². The minimum Gasteiger partial charge on any atom is -0.444 e. The number of fused-ring (bicyclic) bond motifs is 2. The van der Waals surface area contributed by atoms with Crippen LogP contribution in [0, 0.1) is 11.8 Å². The Kier molecular flexibility index (Phi) is 4.34. The van der Waals surface area contributed by atoms with Crippen molar-refractivity contribution in [1.82, 2.24) is 9.80 Å². The van der Waals surface area contributed by atoms with Crippen LogP contribution in [0.4, 0.5) is 18.0 Å². The summed E-state index contributed by atoms with van der Waals surface area (Å²) in [5.41, 5.74) is -0.702. The van der Waals surface area contributed by atoms with Crippen molar-refractivity contribution in [1.29, 1.82) is 0 Å². The number of amides is 2.